The van der Waals surface area contributed by atoms with E-state index in [4.69, 9.17) is 0 Å². The minimum Gasteiger partial charge on any atom is -0.507 e. The average Bonchev–Trinajstić information content (AvgIpc) is 2.40. The molecule has 1 N–H and O–H groups in total. The van der Waals surface area contributed by atoms with Gasteiger partial charge in [-0.05, 0) is 50.3 Å². The Morgan fingerprint density at radius 1 is 1.33 bits per heavy atom. The largest absolute Gasteiger partial charge is 0.507 e. The molecule has 18 heavy (non-hydrogen) atoms. The first-order chi connectivity index (χ1) is 8.75. The summed E-state index contributed by atoms with van der Waals surface area (Å²) < 4.78 is 0.955. The van der Waals surface area contributed by atoms with Crippen molar-refractivity contribution in [2.75, 3.05) is 6.54 Å². The van der Waals surface area contributed by atoms with E-state index in [0.29, 0.717) is 0 Å². The molecule has 2 nitrogen and oxygen atoms in total. The van der Waals surface area contributed by atoms with Crippen molar-refractivity contribution in [1.29, 1.82) is 0 Å². The van der Waals surface area contributed by atoms with Crippen molar-refractivity contribution < 1.29 is 5.11 Å². The monoisotopic (exact) mass is 307 g/mol. The quantitative estimate of drug-likeness (QED) is 0.646. The maximum Gasteiger partial charge on any atom is 0.124 e. The Kier molecular flexibility index (Phi) is 5.00. The van der Waals surface area contributed by atoms with Crippen LogP contribution in [0.25, 0.3) is 0 Å². The molecule has 0 fully saturated rings. The van der Waals surface area contributed by atoms with E-state index in [9.17, 15) is 5.11 Å². The van der Waals surface area contributed by atoms with Gasteiger partial charge in [-0.3, -0.25) is 4.99 Å². The lowest BCUT2D eigenvalue weighted by Gasteiger charge is -2.10. The molecule has 96 valence electrons. The molecule has 1 aliphatic rings. The zero-order valence-corrected chi connectivity index (χ0v) is 12.0. The van der Waals surface area contributed by atoms with Gasteiger partial charge in [0.15, 0.2) is 0 Å². The van der Waals surface area contributed by atoms with Gasteiger partial charge in [0.2, 0.25) is 0 Å². The van der Waals surface area contributed by atoms with Gasteiger partial charge in [0.1, 0.15) is 5.75 Å². The minimum absolute atomic E-state index is 0.277. The van der Waals surface area contributed by atoms with Crippen molar-refractivity contribution in [3.8, 4) is 5.75 Å². The van der Waals surface area contributed by atoms with Crippen LogP contribution >= 0.6 is 15.9 Å². The van der Waals surface area contributed by atoms with E-state index in [1.54, 1.807) is 12.3 Å². The Bertz CT molecular complexity index is 466. The van der Waals surface area contributed by atoms with Gasteiger partial charge in [0.05, 0.1) is 0 Å². The molecule has 1 aromatic carbocycles. The van der Waals surface area contributed by atoms with Crippen LogP contribution in [0.2, 0.25) is 0 Å². The summed E-state index contributed by atoms with van der Waals surface area (Å²) in [5.41, 5.74) is 2.30. The highest BCUT2D eigenvalue weighted by atomic mass is 79.9. The summed E-state index contributed by atoms with van der Waals surface area (Å²) in [7, 11) is 0. The summed E-state index contributed by atoms with van der Waals surface area (Å²) in [5, 5.41) is 9.66. The number of aromatic hydroxyl groups is 1. The first-order valence-electron chi connectivity index (χ1n) is 6.42. The average molecular weight is 308 g/mol. The van der Waals surface area contributed by atoms with E-state index in [1.165, 1.54) is 31.3 Å². The van der Waals surface area contributed by atoms with Gasteiger partial charge in [0.25, 0.3) is 0 Å². The maximum atomic E-state index is 9.66. The summed E-state index contributed by atoms with van der Waals surface area (Å²) in [5.74, 6) is 0.277. The van der Waals surface area contributed by atoms with Gasteiger partial charge in [-0.1, -0.05) is 27.6 Å². The lowest BCUT2D eigenvalue weighted by Crippen LogP contribution is -1.94. The Labute approximate surface area is 117 Å². The van der Waals surface area contributed by atoms with Gasteiger partial charge < -0.3 is 5.11 Å². The van der Waals surface area contributed by atoms with Crippen molar-refractivity contribution in [3.05, 3.63) is 39.9 Å². The fraction of sp³-hybridized carbons (Fsp3) is 0.400. The van der Waals surface area contributed by atoms with E-state index in [2.05, 4.69) is 27.0 Å². The molecule has 1 aromatic rings. The summed E-state index contributed by atoms with van der Waals surface area (Å²) in [6.07, 6.45) is 10.3. The number of hydrogen-bond acceptors (Lipinski definition) is 2. The van der Waals surface area contributed by atoms with Crippen molar-refractivity contribution in [2.24, 2.45) is 4.99 Å². The second-order valence-corrected chi connectivity index (χ2v) is 5.51. The fourth-order valence-electron chi connectivity index (χ4n) is 2.13. The number of phenolic OH excluding ortho intramolecular Hbond substituents is 1. The Morgan fingerprint density at radius 3 is 3.00 bits per heavy atom. The molecule has 1 aliphatic carbocycles. The standard InChI is InChI=1S/C15H18BrNO/c16-14-6-7-15(18)13(10-14)11-17-9-8-12-4-2-1-3-5-12/h4,6-7,10-11,18H,1-3,5,8-9H2. The lowest BCUT2D eigenvalue weighted by molar-refractivity contribution is 0.474. The first-order valence-corrected chi connectivity index (χ1v) is 7.21. The third kappa shape index (κ3) is 3.98. The Balaban J connectivity index is 1.87. The van der Waals surface area contributed by atoms with Crippen molar-refractivity contribution >= 4 is 22.1 Å². The fourth-order valence-corrected chi connectivity index (χ4v) is 2.51. The lowest BCUT2D eigenvalue weighted by atomic mass is 9.97. The van der Waals surface area contributed by atoms with Gasteiger partial charge in [-0.2, -0.15) is 0 Å². The predicted octanol–water partition coefficient (Wildman–Crippen LogP) is 4.46. The molecule has 0 spiro atoms. The van der Waals surface area contributed by atoms with Crippen LogP contribution in [-0.2, 0) is 0 Å². The van der Waals surface area contributed by atoms with Crippen LogP contribution in [0.3, 0.4) is 0 Å². The number of nitrogens with zero attached hydrogens (tertiary/aromatic N) is 1. The van der Waals surface area contributed by atoms with Crippen LogP contribution in [0.15, 0.2) is 39.3 Å². The molecule has 0 radical (unpaired) electrons. The molecule has 0 saturated heterocycles. The van der Waals surface area contributed by atoms with E-state index in [-0.39, 0.29) is 5.75 Å². The van der Waals surface area contributed by atoms with Crippen LogP contribution in [0.1, 0.15) is 37.7 Å². The third-order valence-electron chi connectivity index (χ3n) is 3.17. The van der Waals surface area contributed by atoms with Gasteiger partial charge in [-0.15, -0.1) is 0 Å². The highest BCUT2D eigenvalue weighted by molar-refractivity contribution is 9.10. The molecule has 0 aliphatic heterocycles. The van der Waals surface area contributed by atoms with Crippen LogP contribution in [0, 0.1) is 0 Å². The molecule has 2 rings (SSSR count). The summed E-state index contributed by atoms with van der Waals surface area (Å²) >= 11 is 3.39. The topological polar surface area (TPSA) is 32.6 Å². The molecule has 0 atom stereocenters. The van der Waals surface area contributed by atoms with E-state index in [1.807, 2.05) is 12.1 Å². The van der Waals surface area contributed by atoms with Gasteiger partial charge >= 0.3 is 0 Å². The normalized spacial score (nSPS) is 15.9. The maximum absolute atomic E-state index is 9.66. The molecule has 0 unspecified atom stereocenters. The van der Waals surface area contributed by atoms with E-state index in [0.717, 1.165) is 23.0 Å². The molecule has 0 aromatic heterocycles. The van der Waals surface area contributed by atoms with Crippen molar-refractivity contribution in [1.82, 2.24) is 0 Å². The second kappa shape index (κ2) is 6.74. The number of aliphatic imine (C=N–C) groups is 1. The molecule has 0 saturated carbocycles. The Hall–Kier alpha value is -1.09. The van der Waals surface area contributed by atoms with Gasteiger partial charge in [0, 0.05) is 22.8 Å². The molecular formula is C15H18BrNO. The van der Waals surface area contributed by atoms with Crippen LogP contribution < -0.4 is 0 Å². The molecule has 0 amide bonds. The van der Waals surface area contributed by atoms with Crippen molar-refractivity contribution in [3.63, 3.8) is 0 Å². The number of phenols is 1. The zero-order valence-electron chi connectivity index (χ0n) is 10.4. The number of halogens is 1. The van der Waals surface area contributed by atoms with Crippen LogP contribution in [0.4, 0.5) is 0 Å². The van der Waals surface area contributed by atoms with Gasteiger partial charge in [-0.25, -0.2) is 0 Å². The third-order valence-corrected chi connectivity index (χ3v) is 3.66. The number of rotatable bonds is 4. The van der Waals surface area contributed by atoms with Crippen LogP contribution in [-0.4, -0.2) is 17.9 Å². The highest BCUT2D eigenvalue weighted by Gasteiger charge is 2.02. The molecule has 0 bridgehead atoms. The predicted molar refractivity (Wildman–Crippen MR) is 79.4 cm³/mol. The zero-order chi connectivity index (χ0) is 12.8. The minimum atomic E-state index is 0.277. The molecular weight excluding hydrogens is 290 g/mol. The van der Waals surface area contributed by atoms with E-state index < -0.39 is 0 Å². The SMILES string of the molecule is Oc1ccc(Br)cc1C=NCCC1=CCCCC1. The van der Waals surface area contributed by atoms with E-state index >= 15 is 0 Å². The Morgan fingerprint density at radius 2 is 2.22 bits per heavy atom. The first kappa shape index (κ1) is 13.3. The summed E-state index contributed by atoms with van der Waals surface area (Å²) in [6.45, 7) is 0.803. The molecule has 0 heterocycles. The number of hydrogen-bond donors (Lipinski definition) is 1. The van der Waals surface area contributed by atoms with Crippen LogP contribution in [0.5, 0.6) is 5.75 Å². The number of allylic oxidation sites excluding steroid dienone is 1. The summed E-state index contributed by atoms with van der Waals surface area (Å²) in [6, 6.07) is 5.37. The molecule has 3 heteroatoms. The van der Waals surface area contributed by atoms with Crippen molar-refractivity contribution in [2.45, 2.75) is 32.1 Å². The second-order valence-electron chi connectivity index (χ2n) is 4.60. The smallest absolute Gasteiger partial charge is 0.124 e. The highest BCUT2D eigenvalue weighted by Crippen LogP contribution is 2.21. The number of benzene rings is 1. The summed E-state index contributed by atoms with van der Waals surface area (Å²) in [4.78, 5) is 4.39.